The first-order valence-electron chi connectivity index (χ1n) is 7.72. The summed E-state index contributed by atoms with van der Waals surface area (Å²) in [4.78, 5) is 27.3. The Hall–Kier alpha value is -1.65. The summed E-state index contributed by atoms with van der Waals surface area (Å²) in [7, 11) is 0. The lowest BCUT2D eigenvalue weighted by Crippen LogP contribution is -2.35. The molecule has 0 saturated heterocycles. The van der Waals surface area contributed by atoms with E-state index in [2.05, 4.69) is 11.9 Å². The van der Waals surface area contributed by atoms with Crippen molar-refractivity contribution in [2.24, 2.45) is 5.92 Å². The average Bonchev–Trinajstić information content (AvgIpc) is 2.40. The highest BCUT2D eigenvalue weighted by Gasteiger charge is 2.26. The van der Waals surface area contributed by atoms with E-state index in [4.69, 9.17) is 5.11 Å². The smallest absolute Gasteiger partial charge is 0.348 e. The first-order chi connectivity index (χ1) is 9.91. The van der Waals surface area contributed by atoms with Gasteiger partial charge in [0.05, 0.1) is 0 Å². The van der Waals surface area contributed by atoms with Gasteiger partial charge in [-0.3, -0.25) is 9.36 Å². The average molecular weight is 292 g/mol. The van der Waals surface area contributed by atoms with Crippen molar-refractivity contribution < 1.29 is 9.90 Å². The number of nitrogens with zero attached hydrogens (tertiary/aromatic N) is 2. The summed E-state index contributed by atoms with van der Waals surface area (Å²) in [6.45, 7) is 5.90. The quantitative estimate of drug-likeness (QED) is 0.926. The fourth-order valence-electron chi connectivity index (χ4n) is 3.48. The van der Waals surface area contributed by atoms with Crippen LogP contribution in [0.1, 0.15) is 62.0 Å². The molecule has 0 aliphatic heterocycles. The molecule has 0 amide bonds. The lowest BCUT2D eigenvalue weighted by molar-refractivity contribution is -0.136. The third kappa shape index (κ3) is 3.34. The van der Waals surface area contributed by atoms with Gasteiger partial charge in [0.15, 0.2) is 0 Å². The molecule has 0 bridgehead atoms. The van der Waals surface area contributed by atoms with E-state index < -0.39 is 5.97 Å². The molecule has 0 radical (unpaired) electrons. The second-order valence-corrected chi connectivity index (χ2v) is 6.14. The van der Waals surface area contributed by atoms with Gasteiger partial charge in [0.2, 0.25) is 0 Å². The van der Waals surface area contributed by atoms with Gasteiger partial charge < -0.3 is 5.11 Å². The molecule has 1 aromatic heterocycles. The Labute approximate surface area is 125 Å². The number of hydrogen-bond acceptors (Lipinski definition) is 3. The molecule has 116 valence electrons. The molecule has 5 heteroatoms. The lowest BCUT2D eigenvalue weighted by atomic mass is 9.85. The molecule has 5 nitrogen and oxygen atoms in total. The van der Waals surface area contributed by atoms with Gasteiger partial charge in [0.25, 0.3) is 0 Å². The molecule has 1 aromatic rings. The van der Waals surface area contributed by atoms with E-state index in [1.165, 1.54) is 6.42 Å². The van der Waals surface area contributed by atoms with E-state index >= 15 is 0 Å². The molecule has 1 heterocycles. The molecule has 2 rings (SSSR count). The largest absolute Gasteiger partial charge is 0.481 e. The molecule has 1 saturated carbocycles. The second-order valence-electron chi connectivity index (χ2n) is 6.14. The normalized spacial score (nSPS) is 22.2. The third-order valence-corrected chi connectivity index (χ3v) is 4.69. The van der Waals surface area contributed by atoms with Crippen LogP contribution in [-0.2, 0) is 11.2 Å². The molecular formula is C16H24N2O3. The van der Waals surface area contributed by atoms with E-state index in [9.17, 15) is 9.59 Å². The zero-order chi connectivity index (χ0) is 15.6. The van der Waals surface area contributed by atoms with Crippen LogP contribution < -0.4 is 5.69 Å². The Bertz CT molecular complexity index is 592. The number of aliphatic carboxylic acids is 1. The minimum Gasteiger partial charge on any atom is -0.481 e. The molecule has 0 spiro atoms. The Morgan fingerprint density at radius 3 is 2.62 bits per heavy atom. The predicted molar refractivity (Wildman–Crippen MR) is 80.6 cm³/mol. The van der Waals surface area contributed by atoms with Crippen molar-refractivity contribution >= 4 is 5.97 Å². The van der Waals surface area contributed by atoms with Crippen molar-refractivity contribution in [1.82, 2.24) is 9.55 Å². The number of rotatable bonds is 4. The number of aryl methyl sites for hydroxylation is 1. The lowest BCUT2D eigenvalue weighted by Gasteiger charge is -2.32. The van der Waals surface area contributed by atoms with Gasteiger partial charge in [0.1, 0.15) is 0 Å². The van der Waals surface area contributed by atoms with Crippen molar-refractivity contribution in [2.45, 2.75) is 65.3 Å². The fraction of sp³-hybridized carbons (Fsp3) is 0.688. The molecule has 21 heavy (non-hydrogen) atoms. The molecule has 2 atom stereocenters. The Morgan fingerprint density at radius 1 is 1.33 bits per heavy atom. The van der Waals surface area contributed by atoms with E-state index in [1.807, 2.05) is 11.5 Å². The number of carboxylic acid groups (broad SMARTS) is 1. The van der Waals surface area contributed by atoms with Gasteiger partial charge >= 0.3 is 11.7 Å². The predicted octanol–water partition coefficient (Wildman–Crippen LogP) is 2.63. The van der Waals surface area contributed by atoms with E-state index in [1.54, 1.807) is 6.92 Å². The van der Waals surface area contributed by atoms with Gasteiger partial charge in [0, 0.05) is 23.9 Å². The van der Waals surface area contributed by atoms with Crippen LogP contribution in [0.2, 0.25) is 0 Å². The van der Waals surface area contributed by atoms with Gasteiger partial charge in [-0.25, -0.2) is 4.79 Å². The molecule has 2 unspecified atom stereocenters. The van der Waals surface area contributed by atoms with Gasteiger partial charge in [-0.1, -0.05) is 19.8 Å². The van der Waals surface area contributed by atoms with Crippen LogP contribution in [0.4, 0.5) is 0 Å². The monoisotopic (exact) mass is 292 g/mol. The summed E-state index contributed by atoms with van der Waals surface area (Å²) in [5.74, 6) is -0.357. The SMILES string of the molecule is Cc1nc(=O)n(C2CCCCC2C)c(C)c1CCC(=O)O. The van der Waals surface area contributed by atoms with Gasteiger partial charge in [-0.15, -0.1) is 0 Å². The highest BCUT2D eigenvalue weighted by atomic mass is 16.4. The molecule has 1 aliphatic carbocycles. The van der Waals surface area contributed by atoms with E-state index in [0.29, 0.717) is 18.0 Å². The number of hydrogen-bond donors (Lipinski definition) is 1. The maximum atomic E-state index is 12.3. The number of carboxylic acids is 1. The van der Waals surface area contributed by atoms with E-state index in [0.717, 1.165) is 30.5 Å². The zero-order valence-electron chi connectivity index (χ0n) is 13.1. The van der Waals surface area contributed by atoms with Crippen LogP contribution in [0.3, 0.4) is 0 Å². The summed E-state index contributed by atoms with van der Waals surface area (Å²) in [5.41, 5.74) is 2.28. The Balaban J connectivity index is 2.43. The van der Waals surface area contributed by atoms with E-state index in [-0.39, 0.29) is 18.2 Å². The van der Waals surface area contributed by atoms with Gasteiger partial charge in [-0.2, -0.15) is 4.98 Å². The zero-order valence-corrected chi connectivity index (χ0v) is 13.1. The van der Waals surface area contributed by atoms with Crippen LogP contribution in [-0.4, -0.2) is 20.6 Å². The maximum absolute atomic E-state index is 12.3. The molecule has 1 aliphatic rings. The van der Waals surface area contributed by atoms with Crippen LogP contribution >= 0.6 is 0 Å². The van der Waals surface area contributed by atoms with Crippen molar-refractivity contribution in [1.29, 1.82) is 0 Å². The minimum atomic E-state index is -0.822. The molecular weight excluding hydrogens is 268 g/mol. The maximum Gasteiger partial charge on any atom is 0.348 e. The van der Waals surface area contributed by atoms with Crippen LogP contribution in [0.5, 0.6) is 0 Å². The van der Waals surface area contributed by atoms with Crippen molar-refractivity contribution in [3.8, 4) is 0 Å². The molecule has 1 N–H and O–H groups in total. The Kier molecular flexibility index (Phi) is 4.80. The fourth-order valence-corrected chi connectivity index (χ4v) is 3.48. The summed E-state index contributed by atoms with van der Waals surface area (Å²) >= 11 is 0. The first-order valence-corrected chi connectivity index (χ1v) is 7.72. The van der Waals surface area contributed by atoms with Crippen LogP contribution in [0.15, 0.2) is 4.79 Å². The minimum absolute atomic E-state index is 0.0712. The highest BCUT2D eigenvalue weighted by molar-refractivity contribution is 5.67. The standard InChI is InChI=1S/C16H24N2O3/c1-10-6-4-5-7-14(10)18-12(3)13(8-9-15(19)20)11(2)17-16(18)21/h10,14H,4-9H2,1-3H3,(H,19,20). The second kappa shape index (κ2) is 6.41. The highest BCUT2D eigenvalue weighted by Crippen LogP contribution is 2.33. The topological polar surface area (TPSA) is 72.2 Å². The number of aromatic nitrogens is 2. The Morgan fingerprint density at radius 2 is 2.00 bits per heavy atom. The van der Waals surface area contributed by atoms with Gasteiger partial charge in [-0.05, 0) is 44.6 Å². The number of carbonyl (C=O) groups is 1. The van der Waals surface area contributed by atoms with Crippen molar-refractivity contribution in [2.75, 3.05) is 0 Å². The summed E-state index contributed by atoms with van der Waals surface area (Å²) in [5, 5.41) is 8.88. The van der Waals surface area contributed by atoms with Crippen LogP contribution in [0, 0.1) is 19.8 Å². The van der Waals surface area contributed by atoms with Crippen molar-refractivity contribution in [3.05, 3.63) is 27.4 Å². The summed E-state index contributed by atoms with van der Waals surface area (Å²) in [6.07, 6.45) is 5.00. The summed E-state index contributed by atoms with van der Waals surface area (Å²) in [6, 6.07) is 0.197. The van der Waals surface area contributed by atoms with Crippen LogP contribution in [0.25, 0.3) is 0 Å². The molecule has 1 fully saturated rings. The van der Waals surface area contributed by atoms with Crippen molar-refractivity contribution in [3.63, 3.8) is 0 Å². The summed E-state index contributed by atoms with van der Waals surface area (Å²) < 4.78 is 1.81. The first kappa shape index (κ1) is 15.7. The third-order valence-electron chi connectivity index (χ3n) is 4.69. The molecule has 0 aromatic carbocycles.